The van der Waals surface area contributed by atoms with Gasteiger partial charge in [-0.2, -0.15) is 0 Å². The average molecular weight is 214 g/mol. The first kappa shape index (κ1) is 10.3. The van der Waals surface area contributed by atoms with E-state index in [0.29, 0.717) is 11.9 Å². The summed E-state index contributed by atoms with van der Waals surface area (Å²) in [5, 5.41) is 3.25. The van der Waals surface area contributed by atoms with Crippen LogP contribution in [0.4, 0.5) is 0 Å². The van der Waals surface area contributed by atoms with Gasteiger partial charge in [0, 0.05) is 24.2 Å². The molecular weight excluding hydrogens is 196 g/mol. The van der Waals surface area contributed by atoms with Crippen LogP contribution in [0.2, 0.25) is 0 Å². The molecule has 0 radical (unpaired) electrons. The third-order valence-corrected chi connectivity index (χ3v) is 3.69. The van der Waals surface area contributed by atoms with E-state index in [0.717, 1.165) is 24.6 Å². The third kappa shape index (κ3) is 2.23. The summed E-state index contributed by atoms with van der Waals surface area (Å²) in [6.45, 7) is 3.08. The van der Waals surface area contributed by atoms with Crippen LogP contribution in [-0.2, 0) is 4.79 Å². The highest BCUT2D eigenvalue weighted by molar-refractivity contribution is 7.99. The quantitative estimate of drug-likeness (QED) is 0.759. The third-order valence-electron chi connectivity index (χ3n) is 2.75. The van der Waals surface area contributed by atoms with Gasteiger partial charge in [0.25, 0.3) is 0 Å². The van der Waals surface area contributed by atoms with E-state index in [2.05, 4.69) is 17.1 Å². The highest BCUT2D eigenvalue weighted by Gasteiger charge is 2.36. The van der Waals surface area contributed by atoms with Crippen molar-refractivity contribution < 1.29 is 4.79 Å². The van der Waals surface area contributed by atoms with Crippen LogP contribution in [0.1, 0.15) is 26.2 Å². The Labute approximate surface area is 89.6 Å². The van der Waals surface area contributed by atoms with E-state index in [1.807, 2.05) is 11.8 Å². The number of nitrogens with one attached hydrogen (secondary N) is 1. The van der Waals surface area contributed by atoms with E-state index < -0.39 is 0 Å². The zero-order chi connectivity index (χ0) is 9.97. The van der Waals surface area contributed by atoms with Gasteiger partial charge in [0.1, 0.15) is 0 Å². The predicted octanol–water partition coefficient (Wildman–Crippen LogP) is 1.05. The molecule has 1 atom stereocenters. The van der Waals surface area contributed by atoms with Gasteiger partial charge in [-0.15, -0.1) is 11.8 Å². The van der Waals surface area contributed by atoms with Gasteiger partial charge in [0.15, 0.2) is 0 Å². The minimum Gasteiger partial charge on any atom is -0.338 e. The molecule has 2 rings (SSSR count). The van der Waals surface area contributed by atoms with Crippen molar-refractivity contribution >= 4 is 17.7 Å². The average Bonchev–Trinajstić information content (AvgIpc) is 2.88. The fourth-order valence-corrected chi connectivity index (χ4v) is 2.79. The lowest BCUT2D eigenvalue weighted by Crippen LogP contribution is -2.46. The Morgan fingerprint density at radius 3 is 2.86 bits per heavy atom. The van der Waals surface area contributed by atoms with E-state index in [1.165, 1.54) is 12.8 Å². The number of rotatable bonds is 4. The molecule has 0 spiro atoms. The maximum Gasteiger partial charge on any atom is 0.240 e. The molecule has 2 fully saturated rings. The summed E-state index contributed by atoms with van der Waals surface area (Å²) in [6, 6.07) is 0.655. The largest absolute Gasteiger partial charge is 0.338 e. The molecule has 2 aliphatic rings. The standard InChI is InChI=1S/C10H18N2OS/c1-2-5-12(8-3-4-8)10(13)9-6-14-7-11-9/h8-9,11H,2-7H2,1H3. The summed E-state index contributed by atoms with van der Waals surface area (Å²) in [5.41, 5.74) is 0. The van der Waals surface area contributed by atoms with Crippen molar-refractivity contribution in [2.45, 2.75) is 38.3 Å². The Morgan fingerprint density at radius 2 is 2.36 bits per heavy atom. The SMILES string of the molecule is CCCN(C(=O)C1CSCN1)C1CC1. The summed E-state index contributed by atoms with van der Waals surface area (Å²) in [4.78, 5) is 14.2. The van der Waals surface area contributed by atoms with Crippen LogP contribution >= 0.6 is 11.8 Å². The molecule has 1 aliphatic carbocycles. The maximum atomic E-state index is 12.1. The fraction of sp³-hybridized carbons (Fsp3) is 0.900. The molecule has 0 bridgehead atoms. The van der Waals surface area contributed by atoms with Crippen molar-refractivity contribution in [3.05, 3.63) is 0 Å². The number of amides is 1. The van der Waals surface area contributed by atoms with Crippen LogP contribution in [-0.4, -0.2) is 41.1 Å². The number of nitrogens with zero attached hydrogens (tertiary/aromatic N) is 1. The highest BCUT2D eigenvalue weighted by atomic mass is 32.2. The summed E-state index contributed by atoms with van der Waals surface area (Å²) in [6.07, 6.45) is 3.50. The fourth-order valence-electron chi connectivity index (χ4n) is 1.85. The first-order valence-electron chi connectivity index (χ1n) is 5.44. The Balaban J connectivity index is 1.91. The Morgan fingerprint density at radius 1 is 1.57 bits per heavy atom. The van der Waals surface area contributed by atoms with Gasteiger partial charge in [-0.05, 0) is 19.3 Å². The van der Waals surface area contributed by atoms with Crippen LogP contribution in [0.5, 0.6) is 0 Å². The first-order chi connectivity index (χ1) is 6.83. The molecule has 3 nitrogen and oxygen atoms in total. The lowest BCUT2D eigenvalue weighted by Gasteiger charge is -2.24. The zero-order valence-corrected chi connectivity index (χ0v) is 9.48. The molecule has 1 heterocycles. The predicted molar refractivity (Wildman–Crippen MR) is 59.3 cm³/mol. The smallest absolute Gasteiger partial charge is 0.240 e. The molecular formula is C10H18N2OS. The summed E-state index contributed by atoms with van der Waals surface area (Å²) in [5.74, 6) is 2.21. The van der Waals surface area contributed by atoms with Crippen molar-refractivity contribution in [1.29, 1.82) is 0 Å². The molecule has 14 heavy (non-hydrogen) atoms. The van der Waals surface area contributed by atoms with Crippen molar-refractivity contribution in [3.63, 3.8) is 0 Å². The molecule has 4 heteroatoms. The minimum absolute atomic E-state index is 0.0900. The molecule has 1 saturated carbocycles. The van der Waals surface area contributed by atoms with E-state index in [1.54, 1.807) is 0 Å². The van der Waals surface area contributed by atoms with Crippen molar-refractivity contribution in [1.82, 2.24) is 10.2 Å². The molecule has 0 aromatic rings. The monoisotopic (exact) mass is 214 g/mol. The topological polar surface area (TPSA) is 32.3 Å². The van der Waals surface area contributed by atoms with Gasteiger partial charge in [-0.1, -0.05) is 6.92 Å². The second kappa shape index (κ2) is 4.53. The Bertz CT molecular complexity index is 212. The van der Waals surface area contributed by atoms with E-state index >= 15 is 0 Å². The van der Waals surface area contributed by atoms with Crippen LogP contribution in [0, 0.1) is 0 Å². The number of carbonyl (C=O) groups excluding carboxylic acids is 1. The molecule has 1 amide bonds. The van der Waals surface area contributed by atoms with Crippen LogP contribution in [0.15, 0.2) is 0 Å². The van der Waals surface area contributed by atoms with Crippen LogP contribution in [0.3, 0.4) is 0 Å². The second-order valence-corrected chi connectivity index (χ2v) is 5.06. The maximum absolute atomic E-state index is 12.1. The van der Waals surface area contributed by atoms with Gasteiger partial charge in [0.05, 0.1) is 6.04 Å². The molecule has 0 aromatic heterocycles. The van der Waals surface area contributed by atoms with Crippen LogP contribution < -0.4 is 5.32 Å². The van der Waals surface area contributed by atoms with Gasteiger partial charge < -0.3 is 4.90 Å². The lowest BCUT2D eigenvalue weighted by molar-refractivity contribution is -0.133. The van der Waals surface area contributed by atoms with Crippen LogP contribution in [0.25, 0.3) is 0 Å². The summed E-state index contributed by atoms with van der Waals surface area (Å²) >= 11 is 1.82. The first-order valence-corrected chi connectivity index (χ1v) is 6.60. The molecule has 0 aromatic carbocycles. The number of carbonyl (C=O) groups is 1. The highest BCUT2D eigenvalue weighted by Crippen LogP contribution is 2.28. The zero-order valence-electron chi connectivity index (χ0n) is 8.66. The van der Waals surface area contributed by atoms with E-state index in [9.17, 15) is 4.79 Å². The molecule has 80 valence electrons. The van der Waals surface area contributed by atoms with Crippen molar-refractivity contribution in [2.24, 2.45) is 0 Å². The summed E-state index contributed by atoms with van der Waals surface area (Å²) in [7, 11) is 0. The number of thioether (sulfide) groups is 1. The molecule has 1 saturated heterocycles. The van der Waals surface area contributed by atoms with Crippen molar-refractivity contribution in [2.75, 3.05) is 18.2 Å². The van der Waals surface area contributed by atoms with Gasteiger partial charge in [-0.25, -0.2) is 0 Å². The Kier molecular flexibility index (Phi) is 3.34. The minimum atomic E-state index is 0.0900. The lowest BCUT2D eigenvalue weighted by atomic mass is 10.2. The van der Waals surface area contributed by atoms with Gasteiger partial charge >= 0.3 is 0 Å². The second-order valence-electron chi connectivity index (χ2n) is 4.03. The van der Waals surface area contributed by atoms with Gasteiger partial charge in [0.2, 0.25) is 5.91 Å². The molecule has 1 N–H and O–H groups in total. The van der Waals surface area contributed by atoms with Crippen molar-refractivity contribution in [3.8, 4) is 0 Å². The van der Waals surface area contributed by atoms with E-state index in [-0.39, 0.29) is 6.04 Å². The molecule has 1 aliphatic heterocycles. The summed E-state index contributed by atoms with van der Waals surface area (Å²) < 4.78 is 0. The Hall–Kier alpha value is -0.220. The molecule has 1 unspecified atom stereocenters. The van der Waals surface area contributed by atoms with E-state index in [4.69, 9.17) is 0 Å². The van der Waals surface area contributed by atoms with Gasteiger partial charge in [-0.3, -0.25) is 10.1 Å². The number of hydrogen-bond donors (Lipinski definition) is 1. The normalized spacial score (nSPS) is 26.5. The number of hydrogen-bond acceptors (Lipinski definition) is 3.